The van der Waals surface area contributed by atoms with E-state index in [1.54, 1.807) is 7.05 Å². The second-order valence-electron chi connectivity index (χ2n) is 7.68. The fourth-order valence-corrected chi connectivity index (χ4v) is 4.28. The lowest BCUT2D eigenvalue weighted by atomic mass is 9.81. The van der Waals surface area contributed by atoms with Crippen LogP contribution >= 0.6 is 0 Å². The molecule has 2 aliphatic rings. The van der Waals surface area contributed by atoms with E-state index in [1.807, 2.05) is 0 Å². The van der Waals surface area contributed by atoms with Crippen LogP contribution in [0.15, 0.2) is 4.99 Å². The topological polar surface area (TPSA) is 58.7 Å². The first-order valence-electron chi connectivity index (χ1n) is 9.70. The van der Waals surface area contributed by atoms with Crippen molar-refractivity contribution in [3.05, 3.63) is 0 Å². The molecule has 2 aliphatic carbocycles. The highest BCUT2D eigenvalue weighted by molar-refractivity contribution is 5.87. The van der Waals surface area contributed by atoms with E-state index in [0.29, 0.717) is 12.0 Å². The molecule has 132 valence electrons. The molecule has 1 amide bonds. The number of guanidine groups is 1. The van der Waals surface area contributed by atoms with Crippen molar-refractivity contribution in [2.24, 2.45) is 22.6 Å². The van der Waals surface area contributed by atoms with E-state index in [1.165, 1.54) is 75.5 Å². The lowest BCUT2D eigenvalue weighted by molar-refractivity contribution is -0.114. The predicted octanol–water partition coefficient (Wildman–Crippen LogP) is 4.09. The van der Waals surface area contributed by atoms with Gasteiger partial charge in [0.15, 0.2) is 5.96 Å². The largest absolute Gasteiger partial charge is 0.369 e. The highest BCUT2D eigenvalue weighted by atomic mass is 16.1. The van der Waals surface area contributed by atoms with Gasteiger partial charge in [-0.15, -0.1) is 0 Å². The Morgan fingerprint density at radius 2 is 1.65 bits per heavy atom. The molecule has 0 spiro atoms. The van der Waals surface area contributed by atoms with Gasteiger partial charge in [0, 0.05) is 7.05 Å². The van der Waals surface area contributed by atoms with Gasteiger partial charge in [-0.1, -0.05) is 64.2 Å². The molecular weight excluding hydrogens is 286 g/mol. The molecule has 0 heterocycles. The van der Waals surface area contributed by atoms with Gasteiger partial charge in [0.05, 0.1) is 6.04 Å². The summed E-state index contributed by atoms with van der Waals surface area (Å²) >= 11 is 0. The summed E-state index contributed by atoms with van der Waals surface area (Å²) in [4.78, 5) is 17.0. The van der Waals surface area contributed by atoms with Crippen molar-refractivity contribution >= 4 is 12.4 Å². The smallest absolute Gasteiger partial charge is 0.216 e. The zero-order valence-electron chi connectivity index (χ0n) is 14.9. The molecule has 0 bridgehead atoms. The van der Waals surface area contributed by atoms with Gasteiger partial charge in [-0.2, -0.15) is 0 Å². The molecule has 0 aromatic rings. The molecule has 0 aromatic carbocycles. The average molecular weight is 322 g/mol. The monoisotopic (exact) mass is 321 g/mol. The maximum absolute atomic E-state index is 10.9. The van der Waals surface area contributed by atoms with Gasteiger partial charge in [0.2, 0.25) is 6.41 Å². The van der Waals surface area contributed by atoms with Crippen LogP contribution in [-0.4, -0.2) is 30.4 Å². The minimum Gasteiger partial charge on any atom is -0.369 e. The predicted molar refractivity (Wildman–Crippen MR) is 96.2 cm³/mol. The van der Waals surface area contributed by atoms with Crippen LogP contribution in [0.4, 0.5) is 0 Å². The van der Waals surface area contributed by atoms with Crippen LogP contribution in [0.3, 0.4) is 0 Å². The van der Waals surface area contributed by atoms with Crippen LogP contribution in [0.2, 0.25) is 0 Å². The van der Waals surface area contributed by atoms with Gasteiger partial charge >= 0.3 is 0 Å². The summed E-state index contributed by atoms with van der Waals surface area (Å²) in [5.74, 6) is 2.07. The van der Waals surface area contributed by atoms with Crippen LogP contribution in [0.25, 0.3) is 0 Å². The number of hydrogen-bond acceptors (Lipinski definition) is 2. The number of nitrogens with zero attached hydrogens (tertiary/aromatic N) is 2. The highest BCUT2D eigenvalue weighted by Gasteiger charge is 2.21. The Balaban J connectivity index is 1.90. The first-order chi connectivity index (χ1) is 11.2. The standard InChI is InChI=1S/C19H35N3O/c1-22(15-23)19(20)21-18(14-17-10-6-3-7-11-17)13-12-16-8-4-2-5-9-16/h15-18H,2-14H2,1H3,(H2,20,21). The van der Waals surface area contributed by atoms with Crippen LogP contribution in [-0.2, 0) is 4.79 Å². The molecular formula is C19H35N3O. The van der Waals surface area contributed by atoms with Crippen LogP contribution in [0, 0.1) is 11.8 Å². The number of aliphatic imine (C=N–C) groups is 1. The van der Waals surface area contributed by atoms with E-state index >= 15 is 0 Å². The summed E-state index contributed by atoms with van der Waals surface area (Å²) in [6.45, 7) is 0. The molecule has 2 fully saturated rings. The summed E-state index contributed by atoms with van der Waals surface area (Å²) in [6.07, 6.45) is 18.1. The highest BCUT2D eigenvalue weighted by Crippen LogP contribution is 2.32. The van der Waals surface area contributed by atoms with Crippen molar-refractivity contribution < 1.29 is 4.79 Å². The maximum Gasteiger partial charge on any atom is 0.216 e. The maximum atomic E-state index is 10.9. The van der Waals surface area contributed by atoms with Gasteiger partial charge in [0.25, 0.3) is 0 Å². The number of carbonyl (C=O) groups is 1. The Bertz CT molecular complexity index is 371. The summed E-state index contributed by atoms with van der Waals surface area (Å²) in [7, 11) is 1.69. The molecule has 4 nitrogen and oxygen atoms in total. The van der Waals surface area contributed by atoms with E-state index in [0.717, 1.165) is 31.1 Å². The van der Waals surface area contributed by atoms with Crippen molar-refractivity contribution in [1.29, 1.82) is 0 Å². The second-order valence-corrected chi connectivity index (χ2v) is 7.68. The van der Waals surface area contributed by atoms with Gasteiger partial charge in [-0.05, 0) is 31.1 Å². The Hall–Kier alpha value is -1.06. The van der Waals surface area contributed by atoms with Crippen molar-refractivity contribution in [3.63, 3.8) is 0 Å². The number of amides is 1. The first-order valence-corrected chi connectivity index (χ1v) is 9.70. The van der Waals surface area contributed by atoms with Crippen molar-refractivity contribution in [1.82, 2.24) is 4.90 Å². The third-order valence-corrected chi connectivity index (χ3v) is 5.80. The minimum atomic E-state index is 0.294. The molecule has 0 aromatic heterocycles. The Morgan fingerprint density at radius 1 is 1.09 bits per heavy atom. The van der Waals surface area contributed by atoms with E-state index in [9.17, 15) is 4.79 Å². The minimum absolute atomic E-state index is 0.294. The molecule has 2 N–H and O–H groups in total. The average Bonchev–Trinajstić information content (AvgIpc) is 2.60. The Kier molecular flexibility index (Phi) is 7.90. The molecule has 23 heavy (non-hydrogen) atoms. The Morgan fingerprint density at radius 3 is 2.22 bits per heavy atom. The molecule has 0 saturated heterocycles. The fraction of sp³-hybridized carbons (Fsp3) is 0.895. The summed E-state index contributed by atoms with van der Waals surface area (Å²) in [5, 5.41) is 0. The van der Waals surface area contributed by atoms with Crippen molar-refractivity contribution in [2.75, 3.05) is 7.05 Å². The summed E-state index contributed by atoms with van der Waals surface area (Å²) < 4.78 is 0. The third kappa shape index (κ3) is 6.52. The fourth-order valence-electron chi connectivity index (χ4n) is 4.28. The second kappa shape index (κ2) is 9.94. The zero-order valence-corrected chi connectivity index (χ0v) is 14.9. The quantitative estimate of drug-likeness (QED) is 0.436. The lowest BCUT2D eigenvalue weighted by Gasteiger charge is -2.27. The lowest BCUT2D eigenvalue weighted by Crippen LogP contribution is -2.34. The molecule has 1 unspecified atom stereocenters. The zero-order chi connectivity index (χ0) is 16.5. The number of carbonyl (C=O) groups excluding carboxylic acids is 1. The molecule has 2 rings (SSSR count). The summed E-state index contributed by atoms with van der Waals surface area (Å²) in [6, 6.07) is 0.294. The number of hydrogen-bond donors (Lipinski definition) is 1. The van der Waals surface area contributed by atoms with Crippen LogP contribution in [0.5, 0.6) is 0 Å². The molecule has 4 heteroatoms. The van der Waals surface area contributed by atoms with Crippen molar-refractivity contribution in [3.8, 4) is 0 Å². The molecule has 0 aliphatic heterocycles. The van der Waals surface area contributed by atoms with E-state index in [4.69, 9.17) is 10.7 Å². The van der Waals surface area contributed by atoms with Gasteiger partial charge in [-0.25, -0.2) is 4.99 Å². The molecule has 2 saturated carbocycles. The van der Waals surface area contributed by atoms with Crippen LogP contribution < -0.4 is 5.73 Å². The number of nitrogens with two attached hydrogens (primary N) is 1. The van der Waals surface area contributed by atoms with E-state index in [2.05, 4.69) is 0 Å². The van der Waals surface area contributed by atoms with E-state index in [-0.39, 0.29) is 0 Å². The van der Waals surface area contributed by atoms with Crippen LogP contribution in [0.1, 0.15) is 83.5 Å². The molecule has 1 atom stereocenters. The van der Waals surface area contributed by atoms with Crippen molar-refractivity contribution in [2.45, 2.75) is 89.5 Å². The number of rotatable bonds is 7. The molecule has 0 radical (unpaired) electrons. The normalized spacial score (nSPS) is 22.7. The Labute approximate surface area is 141 Å². The first kappa shape index (κ1) is 18.3. The summed E-state index contributed by atoms with van der Waals surface area (Å²) in [5.41, 5.74) is 5.99. The van der Waals surface area contributed by atoms with Gasteiger partial charge in [0.1, 0.15) is 0 Å². The van der Waals surface area contributed by atoms with E-state index < -0.39 is 0 Å². The SMILES string of the molecule is CN(C=O)C(N)=NC(CCC1CCCCC1)CC1CCCCC1. The third-order valence-electron chi connectivity index (χ3n) is 5.80. The van der Waals surface area contributed by atoms with Gasteiger partial charge in [-0.3, -0.25) is 9.69 Å². The van der Waals surface area contributed by atoms with Gasteiger partial charge < -0.3 is 5.73 Å².